The molecule has 3 rings (SSSR count). The molecule has 0 aromatic heterocycles. The van der Waals surface area contributed by atoms with Gasteiger partial charge in [-0.3, -0.25) is 4.79 Å². The zero-order valence-electron chi connectivity index (χ0n) is 21.2. The van der Waals surface area contributed by atoms with Crippen LogP contribution in [0.3, 0.4) is 0 Å². The van der Waals surface area contributed by atoms with Gasteiger partial charge in [-0.15, -0.1) is 0 Å². The van der Waals surface area contributed by atoms with Crippen molar-refractivity contribution in [3.8, 4) is 34.5 Å². The molecule has 3 aromatic rings. The smallest absolute Gasteiger partial charge is 0.343 e. The zero-order chi connectivity index (χ0) is 26.8. The second-order valence-electron chi connectivity index (χ2n) is 7.37. The average molecular weight is 509 g/mol. The molecule has 10 heteroatoms. The van der Waals surface area contributed by atoms with E-state index in [1.165, 1.54) is 39.7 Å². The van der Waals surface area contributed by atoms with E-state index in [9.17, 15) is 9.59 Å². The summed E-state index contributed by atoms with van der Waals surface area (Å²) in [5.41, 5.74) is 3.71. The molecular weight excluding hydrogens is 480 g/mol. The number of carbonyl (C=O) groups is 2. The lowest BCUT2D eigenvalue weighted by Crippen LogP contribution is -2.17. The molecule has 0 atom stereocenters. The summed E-state index contributed by atoms with van der Waals surface area (Å²) in [6.07, 6.45) is 1.45. The molecule has 0 unspecified atom stereocenters. The summed E-state index contributed by atoms with van der Waals surface area (Å²) in [5, 5.41) is 4.00. The van der Waals surface area contributed by atoms with Gasteiger partial charge in [0.15, 0.2) is 23.0 Å². The number of hydrazone groups is 1. The van der Waals surface area contributed by atoms with E-state index in [0.717, 1.165) is 0 Å². The molecule has 10 nitrogen and oxygen atoms in total. The van der Waals surface area contributed by atoms with Crippen LogP contribution in [0.1, 0.15) is 33.2 Å². The fourth-order valence-corrected chi connectivity index (χ4v) is 3.29. The summed E-state index contributed by atoms with van der Waals surface area (Å²) >= 11 is 0. The number of hydrogen-bond acceptors (Lipinski definition) is 9. The molecule has 0 fully saturated rings. The minimum atomic E-state index is -0.645. The molecule has 3 aromatic carbocycles. The molecule has 0 aliphatic carbocycles. The summed E-state index contributed by atoms with van der Waals surface area (Å²) in [6.45, 7) is 2.14. The number of hydrogen-bond donors (Lipinski definition) is 1. The van der Waals surface area contributed by atoms with Crippen LogP contribution in [-0.4, -0.2) is 53.1 Å². The van der Waals surface area contributed by atoms with Crippen LogP contribution in [0.4, 0.5) is 0 Å². The first kappa shape index (κ1) is 26.9. The molecule has 0 heterocycles. The molecule has 1 amide bonds. The SMILES string of the molecule is CCOc1cc(/C=N\NC(=O)c2ccc(OC)cc2)ccc1OC(=O)c1cc(OC)c(OC)c(OC)c1. The van der Waals surface area contributed by atoms with E-state index in [-0.39, 0.29) is 17.2 Å². The van der Waals surface area contributed by atoms with E-state index >= 15 is 0 Å². The normalized spacial score (nSPS) is 10.5. The van der Waals surface area contributed by atoms with Gasteiger partial charge in [0, 0.05) is 5.56 Å². The number of nitrogens with one attached hydrogen (secondary N) is 1. The van der Waals surface area contributed by atoms with Crippen LogP contribution in [0.25, 0.3) is 0 Å². The predicted octanol–water partition coefficient (Wildman–Crippen LogP) is 4.10. The van der Waals surface area contributed by atoms with Crippen LogP contribution >= 0.6 is 0 Å². The van der Waals surface area contributed by atoms with Crippen molar-refractivity contribution in [3.63, 3.8) is 0 Å². The maximum absolute atomic E-state index is 12.9. The monoisotopic (exact) mass is 508 g/mol. The summed E-state index contributed by atoms with van der Waals surface area (Å²) in [5.74, 6) is 1.17. The first-order chi connectivity index (χ1) is 17.9. The zero-order valence-corrected chi connectivity index (χ0v) is 21.2. The summed E-state index contributed by atoms with van der Waals surface area (Å²) in [4.78, 5) is 25.2. The summed E-state index contributed by atoms with van der Waals surface area (Å²) in [6, 6.07) is 14.5. The molecule has 0 spiro atoms. The lowest BCUT2D eigenvalue weighted by atomic mass is 10.1. The fraction of sp³-hybridized carbons (Fsp3) is 0.222. The molecule has 0 bridgehead atoms. The van der Waals surface area contributed by atoms with Crippen molar-refractivity contribution in [2.75, 3.05) is 35.0 Å². The highest BCUT2D eigenvalue weighted by Gasteiger charge is 2.20. The molecular formula is C27H28N2O8. The van der Waals surface area contributed by atoms with Crippen molar-refractivity contribution in [3.05, 3.63) is 71.3 Å². The third-order valence-corrected chi connectivity index (χ3v) is 5.10. The second kappa shape index (κ2) is 12.8. The highest BCUT2D eigenvalue weighted by Crippen LogP contribution is 2.39. The summed E-state index contributed by atoms with van der Waals surface area (Å²) < 4.78 is 32.2. The maximum atomic E-state index is 12.9. The van der Waals surface area contributed by atoms with Gasteiger partial charge >= 0.3 is 5.97 Å². The Morgan fingerprint density at radius 3 is 2.03 bits per heavy atom. The topological polar surface area (TPSA) is 114 Å². The molecule has 0 radical (unpaired) electrons. The van der Waals surface area contributed by atoms with Crippen LogP contribution < -0.4 is 33.8 Å². The Kier molecular flexibility index (Phi) is 9.31. The van der Waals surface area contributed by atoms with Crippen molar-refractivity contribution >= 4 is 18.1 Å². The van der Waals surface area contributed by atoms with Crippen molar-refractivity contribution in [2.45, 2.75) is 6.92 Å². The van der Waals surface area contributed by atoms with Gasteiger partial charge < -0.3 is 28.4 Å². The van der Waals surface area contributed by atoms with Gasteiger partial charge in [0.05, 0.1) is 46.8 Å². The highest BCUT2D eigenvalue weighted by molar-refractivity contribution is 5.95. The highest BCUT2D eigenvalue weighted by atomic mass is 16.6. The fourth-order valence-electron chi connectivity index (χ4n) is 3.29. The number of amides is 1. The number of esters is 1. The van der Waals surface area contributed by atoms with Gasteiger partial charge in [-0.05, 0) is 67.1 Å². The van der Waals surface area contributed by atoms with Crippen molar-refractivity contribution in [2.24, 2.45) is 5.10 Å². The first-order valence-corrected chi connectivity index (χ1v) is 11.2. The van der Waals surface area contributed by atoms with Crippen molar-refractivity contribution < 1.29 is 38.0 Å². The molecule has 0 aliphatic rings. The van der Waals surface area contributed by atoms with E-state index in [1.54, 1.807) is 56.5 Å². The Balaban J connectivity index is 1.75. The quantitative estimate of drug-likeness (QED) is 0.178. The Bertz CT molecular complexity index is 1250. The molecule has 1 N–H and O–H groups in total. The molecule has 0 aliphatic heterocycles. The van der Waals surface area contributed by atoms with Crippen LogP contribution in [0, 0.1) is 0 Å². The van der Waals surface area contributed by atoms with Crippen LogP contribution in [0.15, 0.2) is 59.7 Å². The van der Waals surface area contributed by atoms with E-state index in [1.807, 2.05) is 0 Å². The average Bonchev–Trinajstić information content (AvgIpc) is 2.93. The molecule has 194 valence electrons. The number of carbonyl (C=O) groups excluding carboxylic acids is 2. The Hall–Kier alpha value is -4.73. The van der Waals surface area contributed by atoms with Gasteiger partial charge in [-0.1, -0.05) is 0 Å². The Labute approximate surface area is 214 Å². The van der Waals surface area contributed by atoms with E-state index < -0.39 is 5.97 Å². The number of rotatable bonds is 11. The van der Waals surface area contributed by atoms with Crippen molar-refractivity contribution in [1.29, 1.82) is 0 Å². The number of ether oxygens (including phenoxy) is 6. The Morgan fingerprint density at radius 1 is 0.784 bits per heavy atom. The minimum Gasteiger partial charge on any atom is -0.497 e. The Morgan fingerprint density at radius 2 is 1.46 bits per heavy atom. The summed E-state index contributed by atoms with van der Waals surface area (Å²) in [7, 11) is 5.94. The molecule has 0 saturated carbocycles. The van der Waals surface area contributed by atoms with Crippen LogP contribution in [-0.2, 0) is 0 Å². The molecule has 37 heavy (non-hydrogen) atoms. The first-order valence-electron chi connectivity index (χ1n) is 11.2. The number of nitrogens with zero attached hydrogens (tertiary/aromatic N) is 1. The van der Waals surface area contributed by atoms with Crippen LogP contribution in [0.5, 0.6) is 34.5 Å². The molecule has 0 saturated heterocycles. The standard InChI is InChI=1S/C27H28N2O8/c1-6-36-22-13-17(16-28-29-26(30)18-8-10-20(32-2)11-9-18)7-12-21(22)37-27(31)19-14-23(33-3)25(35-5)24(15-19)34-4/h7-16H,6H2,1-5H3,(H,29,30)/b28-16-. The van der Waals surface area contributed by atoms with E-state index in [0.29, 0.717) is 46.5 Å². The van der Waals surface area contributed by atoms with E-state index in [2.05, 4.69) is 10.5 Å². The van der Waals surface area contributed by atoms with Gasteiger partial charge in [0.1, 0.15) is 5.75 Å². The lowest BCUT2D eigenvalue weighted by molar-refractivity contribution is 0.0727. The van der Waals surface area contributed by atoms with Gasteiger partial charge in [0.25, 0.3) is 5.91 Å². The lowest BCUT2D eigenvalue weighted by Gasteiger charge is -2.15. The maximum Gasteiger partial charge on any atom is 0.343 e. The third-order valence-electron chi connectivity index (χ3n) is 5.10. The van der Waals surface area contributed by atoms with Gasteiger partial charge in [-0.25, -0.2) is 10.2 Å². The second-order valence-corrected chi connectivity index (χ2v) is 7.37. The number of methoxy groups -OCH3 is 4. The predicted molar refractivity (Wildman–Crippen MR) is 137 cm³/mol. The van der Waals surface area contributed by atoms with Gasteiger partial charge in [-0.2, -0.15) is 5.10 Å². The third kappa shape index (κ3) is 6.69. The van der Waals surface area contributed by atoms with Crippen molar-refractivity contribution in [1.82, 2.24) is 5.43 Å². The number of benzene rings is 3. The van der Waals surface area contributed by atoms with Crippen LogP contribution in [0.2, 0.25) is 0 Å². The van der Waals surface area contributed by atoms with Gasteiger partial charge in [0.2, 0.25) is 5.75 Å². The van der Waals surface area contributed by atoms with E-state index in [4.69, 9.17) is 28.4 Å². The minimum absolute atomic E-state index is 0.198. The largest absolute Gasteiger partial charge is 0.497 e.